The van der Waals surface area contributed by atoms with Gasteiger partial charge in [-0.2, -0.15) is 0 Å². The van der Waals surface area contributed by atoms with E-state index >= 15 is 0 Å². The van der Waals surface area contributed by atoms with E-state index in [2.05, 4.69) is 49.7 Å². The lowest BCUT2D eigenvalue weighted by Crippen LogP contribution is -2.53. The van der Waals surface area contributed by atoms with E-state index < -0.39 is 0 Å². The van der Waals surface area contributed by atoms with E-state index in [1.54, 1.807) is 0 Å². The Morgan fingerprint density at radius 2 is 2.12 bits per heavy atom. The molecule has 5 rings (SSSR count). The summed E-state index contributed by atoms with van der Waals surface area (Å²) < 4.78 is 6.04. The van der Waals surface area contributed by atoms with Crippen LogP contribution in [0.25, 0.3) is 11.6 Å². The van der Waals surface area contributed by atoms with Crippen LogP contribution in [-0.4, -0.2) is 56.2 Å². The fraction of sp³-hybridized carbons (Fsp3) is 0.308. The molecule has 0 saturated carbocycles. The zero-order valence-corrected chi connectivity index (χ0v) is 20.9. The fourth-order valence-electron chi connectivity index (χ4n) is 4.98. The highest BCUT2D eigenvalue weighted by molar-refractivity contribution is 9.10. The number of halogens is 2. The van der Waals surface area contributed by atoms with E-state index in [0.29, 0.717) is 26.1 Å². The first-order valence-corrected chi connectivity index (χ1v) is 12.5. The Balaban J connectivity index is 1.34. The molecule has 1 heterocycles. The Hall–Kier alpha value is -2.45. The van der Waals surface area contributed by atoms with Crippen molar-refractivity contribution in [1.29, 1.82) is 0 Å². The molecular formula is C26H25BrClN3O3. The Bertz CT molecular complexity index is 1210. The Morgan fingerprint density at radius 1 is 1.24 bits per heavy atom. The number of carbonyl (C=O) groups excluding carboxylic acids is 2. The zero-order valence-electron chi connectivity index (χ0n) is 18.6. The summed E-state index contributed by atoms with van der Waals surface area (Å²) in [7, 11) is 0. The minimum Gasteiger partial charge on any atom is -0.447 e. The SMILES string of the molecule is O=CO[C@@H]1CN(CCNC(=O)C2=C(C3=Cc4cc(Cl)ccc4C3)Cc3cc(Br)ccc32)CCN1. The average Bonchev–Trinajstić information content (AvgIpc) is 3.40. The van der Waals surface area contributed by atoms with Crippen LogP contribution < -0.4 is 10.6 Å². The summed E-state index contributed by atoms with van der Waals surface area (Å²) in [6.45, 7) is 3.86. The number of allylic oxidation sites excluding steroid dienone is 2. The third-order valence-electron chi connectivity index (χ3n) is 6.60. The van der Waals surface area contributed by atoms with Crippen LogP contribution in [0.3, 0.4) is 0 Å². The molecule has 3 aliphatic rings. The second-order valence-electron chi connectivity index (χ2n) is 8.75. The van der Waals surface area contributed by atoms with Crippen molar-refractivity contribution in [3.63, 3.8) is 0 Å². The van der Waals surface area contributed by atoms with Crippen molar-refractivity contribution in [3.8, 4) is 0 Å². The summed E-state index contributed by atoms with van der Waals surface area (Å²) >= 11 is 9.77. The van der Waals surface area contributed by atoms with Gasteiger partial charge in [0.1, 0.15) is 0 Å². The number of piperazine rings is 1. The van der Waals surface area contributed by atoms with Crippen molar-refractivity contribution >= 4 is 51.6 Å². The third kappa shape index (κ3) is 4.84. The van der Waals surface area contributed by atoms with Crippen LogP contribution in [0, 0.1) is 0 Å². The maximum atomic E-state index is 13.5. The van der Waals surface area contributed by atoms with E-state index in [4.69, 9.17) is 16.3 Å². The zero-order chi connectivity index (χ0) is 23.7. The summed E-state index contributed by atoms with van der Waals surface area (Å²) in [5.74, 6) is -0.0539. The third-order valence-corrected chi connectivity index (χ3v) is 7.32. The summed E-state index contributed by atoms with van der Waals surface area (Å²) in [5, 5.41) is 7.00. The number of fused-ring (bicyclic) bond motifs is 2. The highest BCUT2D eigenvalue weighted by Gasteiger charge is 2.30. The molecule has 1 fully saturated rings. The van der Waals surface area contributed by atoms with Crippen molar-refractivity contribution in [2.45, 2.75) is 19.1 Å². The Kier molecular flexibility index (Phi) is 6.88. The van der Waals surface area contributed by atoms with Gasteiger partial charge in [0.25, 0.3) is 12.4 Å². The molecule has 2 aromatic rings. The smallest absolute Gasteiger partial charge is 0.294 e. The maximum Gasteiger partial charge on any atom is 0.294 e. The molecular weight excluding hydrogens is 518 g/mol. The summed E-state index contributed by atoms with van der Waals surface area (Å²) in [4.78, 5) is 26.3. The van der Waals surface area contributed by atoms with Crippen LogP contribution in [0.4, 0.5) is 0 Å². The number of nitrogens with one attached hydrogen (secondary N) is 2. The van der Waals surface area contributed by atoms with Crippen molar-refractivity contribution in [2.75, 3.05) is 32.7 Å². The molecule has 176 valence electrons. The minimum atomic E-state index is -0.305. The predicted octanol–water partition coefficient (Wildman–Crippen LogP) is 3.57. The van der Waals surface area contributed by atoms with Gasteiger partial charge in [0, 0.05) is 42.2 Å². The van der Waals surface area contributed by atoms with Crippen molar-refractivity contribution < 1.29 is 14.3 Å². The normalized spacial score (nSPS) is 19.5. The van der Waals surface area contributed by atoms with Crippen LogP contribution in [0.15, 0.2) is 52.0 Å². The van der Waals surface area contributed by atoms with Gasteiger partial charge in [-0.15, -0.1) is 0 Å². The lowest BCUT2D eigenvalue weighted by Gasteiger charge is -2.32. The highest BCUT2D eigenvalue weighted by atomic mass is 79.9. The highest BCUT2D eigenvalue weighted by Crippen LogP contribution is 2.42. The molecule has 0 unspecified atom stereocenters. The fourth-order valence-corrected chi connectivity index (χ4v) is 5.57. The number of rotatable bonds is 7. The molecule has 34 heavy (non-hydrogen) atoms. The second kappa shape index (κ2) is 10.0. The summed E-state index contributed by atoms with van der Waals surface area (Å²) in [6, 6.07) is 12.1. The standard InChI is InChI=1S/C26H25BrClN3O3/c27-20-2-4-22-19(11-20)13-23(18-9-16-1-3-21(28)12-17(16)10-18)25(22)26(33)30-6-8-31-7-5-29-24(14-31)34-15-32/h1-4,10-12,15,24,29H,5-9,13-14H2,(H,30,33)/t24-/m1/s1. The summed E-state index contributed by atoms with van der Waals surface area (Å²) in [6.07, 6.45) is 3.39. The van der Waals surface area contributed by atoms with Crippen LogP contribution in [0.1, 0.15) is 22.3 Å². The molecule has 0 radical (unpaired) electrons. The van der Waals surface area contributed by atoms with Crippen molar-refractivity contribution in [1.82, 2.24) is 15.5 Å². The van der Waals surface area contributed by atoms with Gasteiger partial charge >= 0.3 is 0 Å². The van der Waals surface area contributed by atoms with Crippen LogP contribution in [0.2, 0.25) is 5.02 Å². The van der Waals surface area contributed by atoms with E-state index in [1.165, 1.54) is 11.1 Å². The molecule has 0 spiro atoms. The van der Waals surface area contributed by atoms with E-state index in [9.17, 15) is 9.59 Å². The predicted molar refractivity (Wildman–Crippen MR) is 136 cm³/mol. The first-order chi connectivity index (χ1) is 16.5. The molecule has 0 aromatic heterocycles. The average molecular weight is 543 g/mol. The number of hydrogen-bond acceptors (Lipinski definition) is 5. The molecule has 6 nitrogen and oxygen atoms in total. The Morgan fingerprint density at radius 3 is 2.97 bits per heavy atom. The molecule has 8 heteroatoms. The van der Waals surface area contributed by atoms with Gasteiger partial charge in [0.2, 0.25) is 0 Å². The van der Waals surface area contributed by atoms with Gasteiger partial charge < -0.3 is 10.1 Å². The van der Waals surface area contributed by atoms with Gasteiger partial charge in [0.15, 0.2) is 6.23 Å². The van der Waals surface area contributed by atoms with Gasteiger partial charge in [-0.3, -0.25) is 19.8 Å². The van der Waals surface area contributed by atoms with Crippen LogP contribution in [0.5, 0.6) is 0 Å². The van der Waals surface area contributed by atoms with E-state index in [0.717, 1.165) is 63.3 Å². The monoisotopic (exact) mass is 541 g/mol. The molecule has 2 aromatic carbocycles. The topological polar surface area (TPSA) is 70.7 Å². The molecule has 1 atom stereocenters. The number of nitrogens with zero attached hydrogens (tertiary/aromatic N) is 1. The Labute approximate surface area is 212 Å². The van der Waals surface area contributed by atoms with E-state index in [1.807, 2.05) is 24.3 Å². The number of benzene rings is 2. The van der Waals surface area contributed by atoms with Crippen molar-refractivity contribution in [2.24, 2.45) is 0 Å². The van der Waals surface area contributed by atoms with E-state index in [-0.39, 0.29) is 12.1 Å². The molecule has 2 N–H and O–H groups in total. The number of carbonyl (C=O) groups is 2. The van der Waals surface area contributed by atoms with Gasteiger partial charge in [-0.25, -0.2) is 0 Å². The molecule has 1 saturated heterocycles. The lowest BCUT2D eigenvalue weighted by atomic mass is 9.98. The first-order valence-electron chi connectivity index (χ1n) is 11.4. The van der Waals surface area contributed by atoms with Crippen molar-refractivity contribution in [3.05, 3.63) is 79.3 Å². The van der Waals surface area contributed by atoms with Gasteiger partial charge in [0.05, 0.1) is 5.57 Å². The number of hydrogen-bond donors (Lipinski definition) is 2. The number of ether oxygens (including phenoxy) is 1. The lowest BCUT2D eigenvalue weighted by molar-refractivity contribution is -0.137. The number of amides is 1. The second-order valence-corrected chi connectivity index (χ2v) is 10.1. The quantitative estimate of drug-likeness (QED) is 0.524. The molecule has 0 bridgehead atoms. The molecule has 1 aliphatic heterocycles. The van der Waals surface area contributed by atoms with Gasteiger partial charge in [-0.05, 0) is 70.5 Å². The largest absolute Gasteiger partial charge is 0.447 e. The maximum absolute atomic E-state index is 13.5. The first kappa shape index (κ1) is 23.3. The summed E-state index contributed by atoms with van der Waals surface area (Å²) in [5.41, 5.74) is 7.51. The molecule has 2 aliphatic carbocycles. The minimum absolute atomic E-state index is 0.0539. The van der Waals surface area contributed by atoms with Gasteiger partial charge in [-0.1, -0.05) is 45.7 Å². The molecule has 1 amide bonds. The van der Waals surface area contributed by atoms with Crippen LogP contribution in [-0.2, 0) is 27.2 Å². The van der Waals surface area contributed by atoms with Crippen LogP contribution >= 0.6 is 27.5 Å².